The monoisotopic (exact) mass is 554 g/mol. The van der Waals surface area contributed by atoms with Crippen LogP contribution in [0.5, 0.6) is 34.5 Å². The average molecular weight is 555 g/mol. The lowest BCUT2D eigenvalue weighted by Gasteiger charge is -2.29. The molecule has 2 N–H and O–H groups in total. The number of amides is 1. The molecule has 1 amide bonds. The third kappa shape index (κ3) is 6.14. The van der Waals surface area contributed by atoms with E-state index in [1.54, 1.807) is 31.2 Å². The number of aromatic hydroxyl groups is 1. The molecule has 0 saturated heterocycles. The van der Waals surface area contributed by atoms with Gasteiger partial charge in [0.2, 0.25) is 0 Å². The summed E-state index contributed by atoms with van der Waals surface area (Å²) in [4.78, 5) is 29.8. The molecule has 0 aliphatic heterocycles. The van der Waals surface area contributed by atoms with E-state index in [-0.39, 0.29) is 11.4 Å². The zero-order chi connectivity index (χ0) is 29.4. The fourth-order valence-corrected chi connectivity index (χ4v) is 4.43. The smallest absolute Gasteiger partial charge is 0.328 e. The summed E-state index contributed by atoms with van der Waals surface area (Å²) in [5.74, 6) is -0.518. The van der Waals surface area contributed by atoms with Crippen molar-refractivity contribution in [2.45, 2.75) is 31.9 Å². The number of pyridine rings is 1. The first-order valence-corrected chi connectivity index (χ1v) is 12.4. The summed E-state index contributed by atoms with van der Waals surface area (Å²) in [6.07, 6.45) is 0.531. The normalized spacial score (nSPS) is 12.2. The molecule has 0 bridgehead atoms. The molecule has 214 valence electrons. The first-order valence-electron chi connectivity index (χ1n) is 12.4. The maximum atomic E-state index is 13.2. The van der Waals surface area contributed by atoms with Gasteiger partial charge in [-0.15, -0.1) is 0 Å². The van der Waals surface area contributed by atoms with E-state index in [1.807, 2.05) is 12.1 Å². The van der Waals surface area contributed by atoms with E-state index in [1.165, 1.54) is 54.7 Å². The molecule has 0 aliphatic carbocycles. The molecule has 40 heavy (non-hydrogen) atoms. The van der Waals surface area contributed by atoms with Crippen molar-refractivity contribution in [3.63, 3.8) is 0 Å². The summed E-state index contributed by atoms with van der Waals surface area (Å²) in [5, 5.41) is 12.8. The van der Waals surface area contributed by atoms with Crippen molar-refractivity contribution in [2.75, 3.05) is 35.5 Å². The van der Waals surface area contributed by atoms with E-state index in [9.17, 15) is 14.7 Å². The molecule has 3 rings (SSSR count). The minimum Gasteiger partial charge on any atom is -0.503 e. The molecule has 1 unspecified atom stereocenters. The van der Waals surface area contributed by atoms with Gasteiger partial charge in [-0.3, -0.25) is 4.79 Å². The fraction of sp³-hybridized carbons (Fsp3) is 0.345. The Morgan fingerprint density at radius 1 is 0.775 bits per heavy atom. The van der Waals surface area contributed by atoms with Crippen LogP contribution in [0.3, 0.4) is 0 Å². The number of nitrogens with one attached hydrogen (secondary N) is 1. The molecule has 3 aromatic rings. The largest absolute Gasteiger partial charge is 0.503 e. The lowest BCUT2D eigenvalue weighted by molar-refractivity contribution is -0.150. The third-order valence-electron chi connectivity index (χ3n) is 6.33. The second-order valence-electron chi connectivity index (χ2n) is 8.69. The van der Waals surface area contributed by atoms with E-state index < -0.39 is 35.7 Å². The van der Waals surface area contributed by atoms with Crippen molar-refractivity contribution in [1.29, 1.82) is 0 Å². The summed E-state index contributed by atoms with van der Waals surface area (Å²) in [5.41, 5.74) is 1.07. The maximum absolute atomic E-state index is 13.2. The molecule has 2 aromatic carbocycles. The molecule has 1 heterocycles. The molecule has 0 radical (unpaired) electrons. The number of esters is 1. The second kappa shape index (κ2) is 13.4. The van der Waals surface area contributed by atoms with Gasteiger partial charge in [-0.1, -0.05) is 24.3 Å². The summed E-state index contributed by atoms with van der Waals surface area (Å²) < 4.78 is 33.3. The number of para-hydroxylation sites is 2. The third-order valence-corrected chi connectivity index (χ3v) is 6.33. The number of ether oxygens (including phenoxy) is 6. The van der Waals surface area contributed by atoms with Crippen molar-refractivity contribution < 1.29 is 43.1 Å². The van der Waals surface area contributed by atoms with Crippen LogP contribution in [0.2, 0.25) is 0 Å². The molecular weight excluding hydrogens is 520 g/mol. The van der Waals surface area contributed by atoms with E-state index in [2.05, 4.69) is 10.3 Å². The average Bonchev–Trinajstić information content (AvgIpc) is 2.96. The van der Waals surface area contributed by atoms with Gasteiger partial charge >= 0.3 is 5.97 Å². The van der Waals surface area contributed by atoms with Crippen molar-refractivity contribution in [1.82, 2.24) is 10.3 Å². The van der Waals surface area contributed by atoms with Crippen LogP contribution in [-0.4, -0.2) is 69.7 Å². The van der Waals surface area contributed by atoms with Crippen molar-refractivity contribution in [2.24, 2.45) is 0 Å². The molecule has 11 nitrogen and oxygen atoms in total. The van der Waals surface area contributed by atoms with Crippen LogP contribution in [0.4, 0.5) is 0 Å². The number of methoxy groups -OCH3 is 5. The highest BCUT2D eigenvalue weighted by atomic mass is 16.5. The molecule has 11 heteroatoms. The molecule has 0 aliphatic rings. The van der Waals surface area contributed by atoms with Crippen LogP contribution in [0.25, 0.3) is 0 Å². The van der Waals surface area contributed by atoms with Gasteiger partial charge in [-0.2, -0.15) is 0 Å². The van der Waals surface area contributed by atoms with Gasteiger partial charge in [0, 0.05) is 23.4 Å². The van der Waals surface area contributed by atoms with Crippen molar-refractivity contribution in [3.05, 3.63) is 65.5 Å². The number of hydrogen-bond acceptors (Lipinski definition) is 10. The van der Waals surface area contributed by atoms with E-state index in [0.29, 0.717) is 34.1 Å². The lowest BCUT2D eigenvalue weighted by atomic mass is 9.85. The summed E-state index contributed by atoms with van der Waals surface area (Å²) in [6, 6.07) is 11.2. The van der Waals surface area contributed by atoms with Gasteiger partial charge in [0.1, 0.15) is 12.1 Å². The van der Waals surface area contributed by atoms with E-state index >= 15 is 0 Å². The number of hydrogen-bond donors (Lipinski definition) is 2. The minimum absolute atomic E-state index is 0.0753. The van der Waals surface area contributed by atoms with Gasteiger partial charge < -0.3 is 38.8 Å². The van der Waals surface area contributed by atoms with Crippen LogP contribution < -0.4 is 29.0 Å². The molecule has 2 atom stereocenters. The van der Waals surface area contributed by atoms with Crippen LogP contribution in [-0.2, 0) is 9.53 Å². The highest BCUT2D eigenvalue weighted by Crippen LogP contribution is 2.45. The number of benzene rings is 2. The van der Waals surface area contributed by atoms with Crippen molar-refractivity contribution >= 4 is 11.9 Å². The summed E-state index contributed by atoms with van der Waals surface area (Å²) in [6.45, 7) is 3.20. The molecule has 0 fully saturated rings. The van der Waals surface area contributed by atoms with E-state index in [0.717, 1.165) is 0 Å². The van der Waals surface area contributed by atoms with Gasteiger partial charge in [0.15, 0.2) is 40.2 Å². The Labute approximate surface area is 232 Å². The zero-order valence-electron chi connectivity index (χ0n) is 23.5. The second-order valence-corrected chi connectivity index (χ2v) is 8.69. The van der Waals surface area contributed by atoms with Gasteiger partial charge in [-0.25, -0.2) is 9.78 Å². The first-order chi connectivity index (χ1) is 19.2. The first kappa shape index (κ1) is 29.9. The molecule has 0 spiro atoms. The highest BCUT2D eigenvalue weighted by Gasteiger charge is 2.33. The Bertz CT molecular complexity index is 1290. The molecule has 0 saturated carbocycles. The molecule has 1 aromatic heterocycles. The van der Waals surface area contributed by atoms with Gasteiger partial charge in [0.05, 0.1) is 41.5 Å². The number of aromatic nitrogens is 1. The Balaban J connectivity index is 1.96. The highest BCUT2D eigenvalue weighted by molar-refractivity contribution is 5.97. The summed E-state index contributed by atoms with van der Waals surface area (Å²) >= 11 is 0. The number of carbonyl (C=O) groups is 2. The fourth-order valence-electron chi connectivity index (χ4n) is 4.43. The van der Waals surface area contributed by atoms with E-state index in [4.69, 9.17) is 28.4 Å². The van der Waals surface area contributed by atoms with Crippen LogP contribution in [0, 0.1) is 0 Å². The Kier molecular flexibility index (Phi) is 10.0. The Hall–Kier alpha value is -4.67. The number of rotatable bonds is 12. The van der Waals surface area contributed by atoms with Crippen molar-refractivity contribution in [3.8, 4) is 34.5 Å². The van der Waals surface area contributed by atoms with Gasteiger partial charge in [0.25, 0.3) is 5.91 Å². The molecular formula is C29H34N2O9. The lowest BCUT2D eigenvalue weighted by Crippen LogP contribution is -2.41. The zero-order valence-corrected chi connectivity index (χ0v) is 23.5. The predicted molar refractivity (Wildman–Crippen MR) is 146 cm³/mol. The maximum Gasteiger partial charge on any atom is 0.328 e. The van der Waals surface area contributed by atoms with Crippen LogP contribution in [0.1, 0.15) is 41.4 Å². The number of nitrogens with zero attached hydrogens (tertiary/aromatic N) is 1. The van der Waals surface area contributed by atoms with Gasteiger partial charge in [-0.05, 0) is 26.0 Å². The van der Waals surface area contributed by atoms with Crippen LogP contribution in [0.15, 0.2) is 48.7 Å². The minimum atomic E-state index is -1.08. The topological polar surface area (TPSA) is 135 Å². The standard InChI is InChI=1S/C29H34N2O9/c1-16(31-28(33)24-25(32)20(35-3)14-15-30-24)29(34)40-17(2)23(18-10-8-12-21(36-4)26(18)38-6)19-11-9-13-22(37-5)27(19)39-7/h8-17,23,32H,1-7H3,(H,31,33)/t16-,17?/m0/s1. The van der Waals surface area contributed by atoms with Crippen LogP contribution >= 0.6 is 0 Å². The SMILES string of the molecule is COc1ccnc(C(=O)N[C@@H](C)C(=O)OC(C)C(c2cccc(OC)c2OC)c2cccc(OC)c2OC)c1O. The predicted octanol–water partition coefficient (Wildman–Crippen LogP) is 3.71. The Morgan fingerprint density at radius 3 is 1.77 bits per heavy atom. The summed E-state index contributed by atoms with van der Waals surface area (Å²) in [7, 11) is 7.47. The Morgan fingerprint density at radius 2 is 1.30 bits per heavy atom. The number of carbonyl (C=O) groups excluding carboxylic acids is 2. The quantitative estimate of drug-likeness (QED) is 0.319.